The van der Waals surface area contributed by atoms with Crippen LogP contribution in [-0.2, 0) is 23.9 Å². The Morgan fingerprint density at radius 3 is 1.34 bits per heavy atom. The number of unbranched alkanes of at least 4 members (excludes halogenated alkanes) is 22. The molecular formula is C45H84N2O5S. The van der Waals surface area contributed by atoms with E-state index in [1.165, 1.54) is 120 Å². The Balaban J connectivity index is 4.13. The second-order valence-electron chi connectivity index (χ2n) is 15.0. The summed E-state index contributed by atoms with van der Waals surface area (Å²) in [6.07, 6.45) is 41.7. The molecule has 8 heteroatoms. The molecule has 0 heterocycles. The predicted molar refractivity (Wildman–Crippen MR) is 228 cm³/mol. The largest absolute Gasteiger partial charge is 0.464 e. The molecule has 7 nitrogen and oxygen atoms in total. The molecule has 310 valence electrons. The number of rotatable bonds is 40. The van der Waals surface area contributed by atoms with Gasteiger partial charge in [0.05, 0.1) is 12.3 Å². The maximum Gasteiger partial charge on any atom is 0.307 e. The molecule has 0 unspecified atom stereocenters. The molecular weight excluding hydrogens is 681 g/mol. The number of carbonyl (C=O) groups is 3. The van der Waals surface area contributed by atoms with Crippen molar-refractivity contribution < 1.29 is 23.9 Å². The lowest BCUT2D eigenvalue weighted by atomic mass is 10.1. The van der Waals surface area contributed by atoms with Crippen LogP contribution in [0.15, 0.2) is 24.3 Å². The lowest BCUT2D eigenvalue weighted by Gasteiger charge is -2.22. The number of ether oxygens (including phenoxy) is 2. The van der Waals surface area contributed by atoms with Crippen molar-refractivity contribution in [2.45, 2.75) is 194 Å². The third-order valence-electron chi connectivity index (χ3n) is 9.55. The number of amides is 1. The lowest BCUT2D eigenvalue weighted by molar-refractivity contribution is -0.155. The average Bonchev–Trinajstić information content (AvgIpc) is 3.14. The summed E-state index contributed by atoms with van der Waals surface area (Å²) in [5.74, 6) is 0.546. The Morgan fingerprint density at radius 2 is 0.906 bits per heavy atom. The van der Waals surface area contributed by atoms with Gasteiger partial charge in [0.2, 0.25) is 5.91 Å². The molecule has 0 bridgehead atoms. The molecule has 0 atom stereocenters. The van der Waals surface area contributed by atoms with E-state index < -0.39 is 0 Å². The highest BCUT2D eigenvalue weighted by atomic mass is 32.2. The summed E-state index contributed by atoms with van der Waals surface area (Å²) in [5.41, 5.74) is 0. The molecule has 0 spiro atoms. The van der Waals surface area contributed by atoms with E-state index in [0.29, 0.717) is 18.6 Å². The Kier molecular flexibility index (Phi) is 40.0. The summed E-state index contributed by atoms with van der Waals surface area (Å²) < 4.78 is 11.0. The highest BCUT2D eigenvalue weighted by Gasteiger charge is 2.17. The fraction of sp³-hybridized carbons (Fsp3) is 0.844. The van der Waals surface area contributed by atoms with Gasteiger partial charge in [-0.3, -0.25) is 14.4 Å². The maximum atomic E-state index is 13.0. The number of esters is 2. The number of carbonyl (C=O) groups excluding carboxylic acids is 3. The van der Waals surface area contributed by atoms with Crippen molar-refractivity contribution in [1.82, 2.24) is 9.80 Å². The first-order valence-electron chi connectivity index (χ1n) is 22.0. The van der Waals surface area contributed by atoms with Crippen molar-refractivity contribution in [3.8, 4) is 0 Å². The molecule has 53 heavy (non-hydrogen) atoms. The molecule has 0 N–H and O–H groups in total. The van der Waals surface area contributed by atoms with Crippen molar-refractivity contribution in [3.63, 3.8) is 0 Å². The minimum absolute atomic E-state index is 0.0945. The van der Waals surface area contributed by atoms with E-state index in [-0.39, 0.29) is 37.7 Å². The van der Waals surface area contributed by atoms with Crippen molar-refractivity contribution in [2.24, 2.45) is 0 Å². The van der Waals surface area contributed by atoms with Gasteiger partial charge in [0, 0.05) is 25.1 Å². The first kappa shape index (κ1) is 51.2. The fourth-order valence-electron chi connectivity index (χ4n) is 6.00. The number of thioether (sulfide) groups is 1. The lowest BCUT2D eigenvalue weighted by Crippen LogP contribution is -2.38. The van der Waals surface area contributed by atoms with Crippen LogP contribution in [0, 0.1) is 0 Å². The first-order valence-corrected chi connectivity index (χ1v) is 23.2. The van der Waals surface area contributed by atoms with Crippen LogP contribution in [0.5, 0.6) is 0 Å². The second kappa shape index (κ2) is 41.4. The van der Waals surface area contributed by atoms with Gasteiger partial charge in [-0.1, -0.05) is 141 Å². The summed E-state index contributed by atoms with van der Waals surface area (Å²) in [6, 6.07) is 0. The average molecular weight is 765 g/mol. The maximum absolute atomic E-state index is 13.0. The van der Waals surface area contributed by atoms with Gasteiger partial charge >= 0.3 is 11.9 Å². The highest BCUT2D eigenvalue weighted by molar-refractivity contribution is 7.99. The summed E-state index contributed by atoms with van der Waals surface area (Å²) in [7, 11) is 4.02. The molecule has 0 aromatic heterocycles. The van der Waals surface area contributed by atoms with Gasteiger partial charge in [-0.25, -0.2) is 0 Å². The van der Waals surface area contributed by atoms with E-state index in [4.69, 9.17) is 9.47 Å². The predicted octanol–water partition coefficient (Wildman–Crippen LogP) is 12.2. The quantitative estimate of drug-likeness (QED) is 0.0266. The van der Waals surface area contributed by atoms with E-state index >= 15 is 0 Å². The van der Waals surface area contributed by atoms with Gasteiger partial charge in [-0.05, 0) is 78.3 Å². The standard InChI is InChI=1S/C45H84N2O5S/c1-5-7-9-11-13-15-17-19-21-23-25-27-29-31-33-35-44(49)51-39-37-47(43(48)41-53-40-38-46(3)4)42-52-45(50)36-34-32-30-28-26-24-22-20-18-16-14-12-10-8-6-2/h19-22H,5-18,23-42H2,1-4H3/b21-19-,22-20-. The van der Waals surface area contributed by atoms with Crippen LogP contribution in [0.25, 0.3) is 0 Å². The fourth-order valence-corrected chi connectivity index (χ4v) is 7.00. The number of nitrogens with zero attached hydrogens (tertiary/aromatic N) is 2. The molecule has 0 fully saturated rings. The zero-order valence-electron chi connectivity index (χ0n) is 35.2. The van der Waals surface area contributed by atoms with Gasteiger partial charge in [0.15, 0.2) is 6.73 Å². The molecule has 0 saturated carbocycles. The zero-order chi connectivity index (χ0) is 38.9. The monoisotopic (exact) mass is 765 g/mol. The summed E-state index contributed by atoms with van der Waals surface area (Å²) in [4.78, 5) is 41.4. The van der Waals surface area contributed by atoms with Crippen LogP contribution in [0.2, 0.25) is 0 Å². The molecule has 0 saturated heterocycles. The van der Waals surface area contributed by atoms with Crippen molar-refractivity contribution >= 4 is 29.6 Å². The van der Waals surface area contributed by atoms with E-state index in [1.807, 2.05) is 14.1 Å². The van der Waals surface area contributed by atoms with Gasteiger partial charge in [0.25, 0.3) is 0 Å². The van der Waals surface area contributed by atoms with Crippen molar-refractivity contribution in [1.29, 1.82) is 0 Å². The Morgan fingerprint density at radius 1 is 0.509 bits per heavy atom. The summed E-state index contributed by atoms with van der Waals surface area (Å²) in [5, 5.41) is 0. The molecule has 0 rings (SSSR count). The van der Waals surface area contributed by atoms with Crippen LogP contribution in [-0.4, -0.2) is 79.7 Å². The topological polar surface area (TPSA) is 76.1 Å². The third kappa shape index (κ3) is 39.7. The minimum Gasteiger partial charge on any atom is -0.464 e. The summed E-state index contributed by atoms with van der Waals surface area (Å²) >= 11 is 1.56. The van der Waals surface area contributed by atoms with E-state index in [9.17, 15) is 14.4 Å². The van der Waals surface area contributed by atoms with E-state index in [0.717, 1.165) is 63.7 Å². The van der Waals surface area contributed by atoms with Gasteiger partial charge < -0.3 is 19.3 Å². The van der Waals surface area contributed by atoms with Crippen LogP contribution < -0.4 is 0 Å². The Labute approximate surface area is 332 Å². The minimum atomic E-state index is -0.276. The molecule has 0 aliphatic carbocycles. The van der Waals surface area contributed by atoms with Crippen LogP contribution in [0.3, 0.4) is 0 Å². The van der Waals surface area contributed by atoms with E-state index in [2.05, 4.69) is 43.1 Å². The van der Waals surface area contributed by atoms with Gasteiger partial charge in [-0.2, -0.15) is 11.8 Å². The molecule has 0 radical (unpaired) electrons. The van der Waals surface area contributed by atoms with Crippen LogP contribution in [0.4, 0.5) is 0 Å². The van der Waals surface area contributed by atoms with Crippen molar-refractivity contribution in [2.75, 3.05) is 52.0 Å². The van der Waals surface area contributed by atoms with Gasteiger partial charge in [0.1, 0.15) is 6.61 Å². The SMILES string of the molecule is CCCCCCCC/C=C\CCCCCCCC(=O)OCCN(COC(=O)CCCCCCC/C=C\CCCCCCCC)C(=O)CSCCN(C)C. The molecule has 0 aromatic rings. The summed E-state index contributed by atoms with van der Waals surface area (Å²) in [6.45, 7) is 5.66. The molecule has 0 aliphatic heterocycles. The number of hydrogen-bond donors (Lipinski definition) is 0. The third-order valence-corrected chi connectivity index (χ3v) is 10.5. The Hall–Kier alpha value is -1.80. The van der Waals surface area contributed by atoms with Crippen LogP contribution in [0.1, 0.15) is 194 Å². The second-order valence-corrected chi connectivity index (χ2v) is 16.2. The van der Waals surface area contributed by atoms with E-state index in [1.54, 1.807) is 11.8 Å². The number of hydrogen-bond acceptors (Lipinski definition) is 7. The van der Waals surface area contributed by atoms with Gasteiger partial charge in [-0.15, -0.1) is 0 Å². The first-order chi connectivity index (χ1) is 25.9. The zero-order valence-corrected chi connectivity index (χ0v) is 36.0. The molecule has 1 amide bonds. The van der Waals surface area contributed by atoms with Crippen molar-refractivity contribution in [3.05, 3.63) is 24.3 Å². The molecule has 0 aromatic carbocycles. The smallest absolute Gasteiger partial charge is 0.307 e. The highest BCUT2D eigenvalue weighted by Crippen LogP contribution is 2.13. The normalized spacial score (nSPS) is 11.6. The Bertz CT molecular complexity index is 894. The number of allylic oxidation sites excluding steroid dienone is 4. The molecule has 0 aliphatic rings. The van der Waals surface area contributed by atoms with Crippen LogP contribution >= 0.6 is 11.8 Å².